The molecule has 1 aromatic carbocycles. The van der Waals surface area contributed by atoms with Crippen LogP contribution in [-0.4, -0.2) is 54.0 Å². The summed E-state index contributed by atoms with van der Waals surface area (Å²) in [5.74, 6) is 1.30. The number of hydrogen-bond acceptors (Lipinski definition) is 6. The van der Waals surface area contributed by atoms with Crippen molar-refractivity contribution in [2.24, 2.45) is 0 Å². The second kappa shape index (κ2) is 9.09. The van der Waals surface area contributed by atoms with E-state index in [0.717, 1.165) is 23.5 Å². The Kier molecular flexibility index (Phi) is 6.01. The van der Waals surface area contributed by atoms with Crippen LogP contribution in [0.2, 0.25) is 0 Å². The van der Waals surface area contributed by atoms with E-state index < -0.39 is 0 Å². The fourth-order valence-corrected chi connectivity index (χ4v) is 6.00. The number of aromatic nitrogens is 2. The van der Waals surface area contributed by atoms with Gasteiger partial charge in [0.1, 0.15) is 16.5 Å². The molecule has 1 saturated heterocycles. The highest BCUT2D eigenvalue weighted by molar-refractivity contribution is 7.19. The fourth-order valence-electron chi connectivity index (χ4n) is 4.75. The number of carbonyl (C=O) groups is 1. The lowest BCUT2D eigenvalue weighted by molar-refractivity contribution is -0.126. The first-order chi connectivity index (χ1) is 16.0. The van der Waals surface area contributed by atoms with Crippen molar-refractivity contribution in [1.82, 2.24) is 14.9 Å². The molecule has 8 heteroatoms. The van der Waals surface area contributed by atoms with E-state index in [0.29, 0.717) is 44.2 Å². The first-order valence-electron chi connectivity index (χ1n) is 11.5. The van der Waals surface area contributed by atoms with Crippen LogP contribution in [0.15, 0.2) is 36.9 Å². The summed E-state index contributed by atoms with van der Waals surface area (Å²) in [4.78, 5) is 30.4. The van der Waals surface area contributed by atoms with Gasteiger partial charge in [-0.2, -0.15) is 4.98 Å². The van der Waals surface area contributed by atoms with Gasteiger partial charge in [-0.1, -0.05) is 24.8 Å². The van der Waals surface area contributed by atoms with Crippen LogP contribution in [0.3, 0.4) is 0 Å². The third-order valence-corrected chi connectivity index (χ3v) is 7.74. The molecular weight excluding hydrogens is 437 g/mol. The van der Waals surface area contributed by atoms with Crippen LogP contribution in [-0.2, 0) is 24.2 Å². The first kappa shape index (κ1) is 21.8. The summed E-state index contributed by atoms with van der Waals surface area (Å²) >= 11 is 1.77. The Labute approximate surface area is 197 Å². The van der Waals surface area contributed by atoms with Crippen molar-refractivity contribution in [3.8, 4) is 0 Å². The standard InChI is InChI=1S/C25H28FN5OS/c1-3-21(32)30-12-14-31(15-13-30)23-22-18-9-5-7-11-20(18)33-24(22)28-25(27-23)29(2)16-17-8-4-6-10-19(17)26/h3-4,6,8,10H,1,5,7,9,11-16H2,2H3. The van der Waals surface area contributed by atoms with E-state index >= 15 is 0 Å². The largest absolute Gasteiger partial charge is 0.352 e. The van der Waals surface area contributed by atoms with Gasteiger partial charge in [0.25, 0.3) is 0 Å². The lowest BCUT2D eigenvalue weighted by Crippen LogP contribution is -2.48. The zero-order valence-corrected chi connectivity index (χ0v) is 19.7. The van der Waals surface area contributed by atoms with Gasteiger partial charge < -0.3 is 14.7 Å². The highest BCUT2D eigenvalue weighted by atomic mass is 32.1. The minimum Gasteiger partial charge on any atom is -0.352 e. The maximum absolute atomic E-state index is 14.3. The zero-order valence-electron chi connectivity index (χ0n) is 18.9. The number of anilines is 2. The highest BCUT2D eigenvalue weighted by Crippen LogP contribution is 2.41. The van der Waals surface area contributed by atoms with Crippen molar-refractivity contribution in [1.29, 1.82) is 0 Å². The molecule has 2 aliphatic rings. The maximum Gasteiger partial charge on any atom is 0.246 e. The molecule has 1 aliphatic heterocycles. The van der Waals surface area contributed by atoms with Crippen LogP contribution in [0.25, 0.3) is 10.2 Å². The smallest absolute Gasteiger partial charge is 0.246 e. The molecule has 0 radical (unpaired) electrons. The summed E-state index contributed by atoms with van der Waals surface area (Å²) in [5, 5.41) is 1.17. The Bertz CT molecular complexity index is 1200. The van der Waals surface area contributed by atoms with Crippen molar-refractivity contribution in [2.75, 3.05) is 43.0 Å². The lowest BCUT2D eigenvalue weighted by Gasteiger charge is -2.35. The topological polar surface area (TPSA) is 52.6 Å². The lowest BCUT2D eigenvalue weighted by atomic mass is 9.97. The zero-order chi connectivity index (χ0) is 22.9. The average Bonchev–Trinajstić information content (AvgIpc) is 3.23. The summed E-state index contributed by atoms with van der Waals surface area (Å²) in [5.41, 5.74) is 2.01. The molecule has 1 amide bonds. The molecule has 5 rings (SSSR count). The third-order valence-electron chi connectivity index (χ3n) is 6.56. The van der Waals surface area contributed by atoms with Crippen LogP contribution in [0, 0.1) is 5.82 Å². The summed E-state index contributed by atoms with van der Waals surface area (Å²) in [6.07, 6.45) is 5.94. The van der Waals surface area contributed by atoms with Crippen molar-refractivity contribution in [2.45, 2.75) is 32.2 Å². The molecule has 0 spiro atoms. The minimum atomic E-state index is -0.222. The molecule has 1 aliphatic carbocycles. The molecule has 172 valence electrons. The Morgan fingerprint density at radius 2 is 1.94 bits per heavy atom. The normalized spacial score (nSPS) is 16.1. The van der Waals surface area contributed by atoms with E-state index in [2.05, 4.69) is 11.5 Å². The molecule has 1 fully saturated rings. The van der Waals surface area contributed by atoms with Crippen LogP contribution in [0.5, 0.6) is 0 Å². The van der Waals surface area contributed by atoms with Gasteiger partial charge in [0, 0.05) is 50.2 Å². The average molecular weight is 466 g/mol. The Balaban J connectivity index is 1.52. The van der Waals surface area contributed by atoms with Crippen molar-refractivity contribution in [3.05, 3.63) is 58.7 Å². The van der Waals surface area contributed by atoms with Crippen molar-refractivity contribution in [3.63, 3.8) is 0 Å². The van der Waals surface area contributed by atoms with E-state index in [1.54, 1.807) is 23.5 Å². The molecule has 0 unspecified atom stereocenters. The van der Waals surface area contributed by atoms with E-state index in [-0.39, 0.29) is 11.7 Å². The second-order valence-corrected chi connectivity index (χ2v) is 9.79. The number of amides is 1. The van der Waals surface area contributed by atoms with Gasteiger partial charge in [-0.25, -0.2) is 9.37 Å². The predicted octanol–water partition coefficient (Wildman–Crippen LogP) is 4.18. The number of nitrogens with zero attached hydrogens (tertiary/aromatic N) is 5. The van der Waals surface area contributed by atoms with Crippen LogP contribution in [0.4, 0.5) is 16.2 Å². The minimum absolute atomic E-state index is 0.0271. The number of rotatable bonds is 5. The van der Waals surface area contributed by atoms with Gasteiger partial charge in [0.05, 0.1) is 5.39 Å². The Morgan fingerprint density at radius 1 is 1.18 bits per heavy atom. The monoisotopic (exact) mass is 465 g/mol. The molecular formula is C25H28FN5OS. The number of aryl methyl sites for hydroxylation is 2. The van der Waals surface area contributed by atoms with Crippen LogP contribution < -0.4 is 9.80 Å². The van der Waals surface area contributed by atoms with Gasteiger partial charge in [-0.3, -0.25) is 4.79 Å². The summed E-state index contributed by atoms with van der Waals surface area (Å²) < 4.78 is 14.3. The SMILES string of the molecule is C=CC(=O)N1CCN(c2nc(N(C)Cc3ccccc3F)nc3sc4c(c23)CCCC4)CC1. The highest BCUT2D eigenvalue weighted by Gasteiger charge is 2.27. The fraction of sp³-hybridized carbons (Fsp3) is 0.400. The number of benzene rings is 1. The number of fused-ring (bicyclic) bond motifs is 3. The van der Waals surface area contributed by atoms with E-state index in [1.165, 1.54) is 40.8 Å². The van der Waals surface area contributed by atoms with Gasteiger partial charge in [0.2, 0.25) is 11.9 Å². The van der Waals surface area contributed by atoms with Crippen molar-refractivity contribution < 1.29 is 9.18 Å². The van der Waals surface area contributed by atoms with Gasteiger partial charge >= 0.3 is 0 Å². The summed E-state index contributed by atoms with van der Waals surface area (Å²) in [6, 6.07) is 6.83. The molecule has 3 aromatic rings. The molecule has 0 saturated carbocycles. The van der Waals surface area contributed by atoms with Crippen LogP contribution in [0.1, 0.15) is 28.8 Å². The molecule has 0 atom stereocenters. The number of piperazine rings is 1. The van der Waals surface area contributed by atoms with Crippen molar-refractivity contribution >= 4 is 39.2 Å². The quantitative estimate of drug-likeness (QED) is 0.529. The number of carbonyl (C=O) groups excluding carboxylic acids is 1. The number of hydrogen-bond donors (Lipinski definition) is 0. The molecule has 0 bridgehead atoms. The van der Waals surface area contributed by atoms with Gasteiger partial charge in [0.15, 0.2) is 0 Å². The first-order valence-corrected chi connectivity index (χ1v) is 12.3. The molecule has 0 N–H and O–H groups in total. The van der Waals surface area contributed by atoms with E-state index in [1.807, 2.05) is 22.9 Å². The van der Waals surface area contributed by atoms with Crippen LogP contribution >= 0.6 is 11.3 Å². The molecule has 6 nitrogen and oxygen atoms in total. The second-order valence-electron chi connectivity index (χ2n) is 8.70. The predicted molar refractivity (Wildman–Crippen MR) is 132 cm³/mol. The molecule has 3 heterocycles. The third kappa shape index (κ3) is 4.19. The van der Waals surface area contributed by atoms with E-state index in [9.17, 15) is 9.18 Å². The maximum atomic E-state index is 14.3. The van der Waals surface area contributed by atoms with E-state index in [4.69, 9.17) is 9.97 Å². The Hall–Kier alpha value is -3.00. The molecule has 33 heavy (non-hydrogen) atoms. The summed E-state index contributed by atoms with van der Waals surface area (Å²) in [6.45, 7) is 6.72. The van der Waals surface area contributed by atoms with Gasteiger partial charge in [-0.15, -0.1) is 11.3 Å². The Morgan fingerprint density at radius 3 is 2.70 bits per heavy atom. The molecule has 2 aromatic heterocycles. The number of halogens is 1. The van der Waals surface area contributed by atoms with Gasteiger partial charge in [-0.05, 0) is 43.4 Å². The summed E-state index contributed by atoms with van der Waals surface area (Å²) in [7, 11) is 1.91. The number of thiophene rings is 1.